The fourth-order valence-electron chi connectivity index (χ4n) is 1.42. The van der Waals surface area contributed by atoms with Gasteiger partial charge in [-0.25, -0.2) is 0 Å². The van der Waals surface area contributed by atoms with Crippen LogP contribution in [0.5, 0.6) is 5.75 Å². The minimum atomic E-state index is -0.259. The Bertz CT molecular complexity index is 394. The van der Waals surface area contributed by atoms with E-state index in [1.807, 2.05) is 13.8 Å². The standard InChI is InChI=1S/C13H20N2O3/c1-9(2)12(7-16)15-13(17)8-18-11-5-3-4-10(14)6-11/h3-6,9,12,16H,7-8,14H2,1-2H3,(H,15,17). The van der Waals surface area contributed by atoms with Gasteiger partial charge in [-0.1, -0.05) is 19.9 Å². The zero-order valence-corrected chi connectivity index (χ0v) is 10.7. The molecule has 0 aromatic heterocycles. The van der Waals surface area contributed by atoms with Crippen molar-refractivity contribution >= 4 is 11.6 Å². The van der Waals surface area contributed by atoms with Crippen LogP contribution in [0.4, 0.5) is 5.69 Å². The van der Waals surface area contributed by atoms with Gasteiger partial charge < -0.3 is 20.9 Å². The summed E-state index contributed by atoms with van der Waals surface area (Å²) in [6.07, 6.45) is 0. The lowest BCUT2D eigenvalue weighted by molar-refractivity contribution is -0.124. The van der Waals surface area contributed by atoms with Gasteiger partial charge in [0.05, 0.1) is 12.6 Å². The van der Waals surface area contributed by atoms with Crippen LogP contribution < -0.4 is 15.8 Å². The molecule has 0 aliphatic rings. The molecule has 0 bridgehead atoms. The van der Waals surface area contributed by atoms with Gasteiger partial charge in [0, 0.05) is 11.8 Å². The molecule has 0 heterocycles. The van der Waals surface area contributed by atoms with Crippen LogP contribution in [-0.4, -0.2) is 30.3 Å². The van der Waals surface area contributed by atoms with E-state index >= 15 is 0 Å². The van der Waals surface area contributed by atoms with E-state index in [2.05, 4.69) is 5.32 Å². The number of hydrogen-bond acceptors (Lipinski definition) is 4. The maximum absolute atomic E-state index is 11.6. The number of benzene rings is 1. The first-order valence-electron chi connectivity index (χ1n) is 5.91. The van der Waals surface area contributed by atoms with Gasteiger partial charge in [0.1, 0.15) is 5.75 Å². The van der Waals surface area contributed by atoms with Crippen LogP contribution in [0.2, 0.25) is 0 Å². The lowest BCUT2D eigenvalue weighted by Gasteiger charge is -2.19. The number of hydrogen-bond donors (Lipinski definition) is 3. The zero-order valence-electron chi connectivity index (χ0n) is 10.7. The van der Waals surface area contributed by atoms with E-state index in [0.29, 0.717) is 11.4 Å². The Balaban J connectivity index is 2.41. The van der Waals surface area contributed by atoms with Gasteiger partial charge >= 0.3 is 0 Å². The molecule has 0 radical (unpaired) electrons. The van der Waals surface area contributed by atoms with Crippen molar-refractivity contribution in [1.29, 1.82) is 0 Å². The van der Waals surface area contributed by atoms with Crippen LogP contribution in [0.15, 0.2) is 24.3 Å². The second kappa shape index (κ2) is 6.86. The van der Waals surface area contributed by atoms with Crippen molar-refractivity contribution in [3.8, 4) is 5.75 Å². The molecule has 1 aromatic rings. The molecule has 1 aromatic carbocycles. The molecule has 5 nitrogen and oxygen atoms in total. The minimum absolute atomic E-state index is 0.0817. The van der Waals surface area contributed by atoms with E-state index < -0.39 is 0 Å². The third-order valence-corrected chi connectivity index (χ3v) is 2.58. The fourth-order valence-corrected chi connectivity index (χ4v) is 1.42. The number of ether oxygens (including phenoxy) is 1. The van der Waals surface area contributed by atoms with Gasteiger partial charge in [-0.15, -0.1) is 0 Å². The van der Waals surface area contributed by atoms with Gasteiger partial charge in [0.25, 0.3) is 5.91 Å². The van der Waals surface area contributed by atoms with Crippen molar-refractivity contribution < 1.29 is 14.6 Å². The normalized spacial score (nSPS) is 12.2. The van der Waals surface area contributed by atoms with E-state index in [-0.39, 0.29) is 31.1 Å². The first-order chi connectivity index (χ1) is 8.52. The maximum Gasteiger partial charge on any atom is 0.258 e. The van der Waals surface area contributed by atoms with Crippen LogP contribution in [0.1, 0.15) is 13.8 Å². The van der Waals surface area contributed by atoms with Gasteiger partial charge in [-0.05, 0) is 18.1 Å². The lowest BCUT2D eigenvalue weighted by Crippen LogP contribution is -2.43. The van der Waals surface area contributed by atoms with Gasteiger partial charge in [0.2, 0.25) is 0 Å². The smallest absolute Gasteiger partial charge is 0.258 e. The summed E-state index contributed by atoms with van der Waals surface area (Å²) in [5, 5.41) is 11.8. The van der Waals surface area contributed by atoms with Gasteiger partial charge in [-0.2, -0.15) is 0 Å². The minimum Gasteiger partial charge on any atom is -0.484 e. The number of nitrogens with two attached hydrogens (primary N) is 1. The summed E-state index contributed by atoms with van der Waals surface area (Å²) >= 11 is 0. The molecule has 4 N–H and O–H groups in total. The summed E-state index contributed by atoms with van der Waals surface area (Å²) in [6.45, 7) is 3.69. The van der Waals surface area contributed by atoms with E-state index in [9.17, 15) is 4.79 Å². The Morgan fingerprint density at radius 3 is 2.78 bits per heavy atom. The SMILES string of the molecule is CC(C)C(CO)NC(=O)COc1cccc(N)c1. The molecule has 0 spiro atoms. The zero-order chi connectivity index (χ0) is 13.5. The summed E-state index contributed by atoms with van der Waals surface area (Å²) in [6, 6.07) is 6.64. The maximum atomic E-state index is 11.6. The number of rotatable bonds is 6. The Hall–Kier alpha value is -1.75. The van der Waals surface area contributed by atoms with Crippen molar-refractivity contribution in [2.45, 2.75) is 19.9 Å². The molecule has 1 unspecified atom stereocenters. The topological polar surface area (TPSA) is 84.6 Å². The predicted octanol–water partition coefficient (Wildman–Crippen LogP) is 0.781. The second-order valence-electron chi connectivity index (χ2n) is 4.46. The number of nitrogens with one attached hydrogen (secondary N) is 1. The summed E-state index contributed by atoms with van der Waals surface area (Å²) in [7, 11) is 0. The predicted molar refractivity (Wildman–Crippen MR) is 70.2 cm³/mol. The van der Waals surface area contributed by atoms with Crippen molar-refractivity contribution in [3.05, 3.63) is 24.3 Å². The van der Waals surface area contributed by atoms with Gasteiger partial charge in [0.15, 0.2) is 6.61 Å². The van der Waals surface area contributed by atoms with Crippen LogP contribution >= 0.6 is 0 Å². The Labute approximate surface area is 107 Å². The molecule has 1 rings (SSSR count). The molecule has 0 fully saturated rings. The highest BCUT2D eigenvalue weighted by Crippen LogP contribution is 2.14. The number of amides is 1. The lowest BCUT2D eigenvalue weighted by atomic mass is 10.1. The molecule has 0 aliphatic carbocycles. The number of carbonyl (C=O) groups excluding carboxylic acids is 1. The molecule has 100 valence electrons. The molecular weight excluding hydrogens is 232 g/mol. The molecular formula is C13H20N2O3. The van der Waals surface area contributed by atoms with E-state index in [0.717, 1.165) is 0 Å². The summed E-state index contributed by atoms with van der Waals surface area (Å²) in [5.74, 6) is 0.465. The Morgan fingerprint density at radius 1 is 1.50 bits per heavy atom. The second-order valence-corrected chi connectivity index (χ2v) is 4.46. The molecule has 1 atom stereocenters. The van der Waals surface area contributed by atoms with Crippen LogP contribution in [-0.2, 0) is 4.79 Å². The van der Waals surface area contributed by atoms with Crippen molar-refractivity contribution in [3.63, 3.8) is 0 Å². The first kappa shape index (κ1) is 14.3. The number of aliphatic hydroxyl groups excluding tert-OH is 1. The Kier molecular flexibility index (Phi) is 5.45. The van der Waals surface area contributed by atoms with Crippen molar-refractivity contribution in [1.82, 2.24) is 5.32 Å². The van der Waals surface area contributed by atoms with Crippen LogP contribution in [0, 0.1) is 5.92 Å². The van der Waals surface area contributed by atoms with Crippen molar-refractivity contribution in [2.24, 2.45) is 5.92 Å². The average molecular weight is 252 g/mol. The van der Waals surface area contributed by atoms with E-state index in [1.165, 1.54) is 0 Å². The monoisotopic (exact) mass is 252 g/mol. The third kappa shape index (κ3) is 4.63. The number of anilines is 1. The molecule has 5 heteroatoms. The molecule has 0 aliphatic heterocycles. The van der Waals surface area contributed by atoms with E-state index in [4.69, 9.17) is 15.6 Å². The summed E-state index contributed by atoms with van der Waals surface area (Å²) in [5.41, 5.74) is 6.18. The highest BCUT2D eigenvalue weighted by Gasteiger charge is 2.15. The Morgan fingerprint density at radius 2 is 2.22 bits per heavy atom. The highest BCUT2D eigenvalue weighted by molar-refractivity contribution is 5.77. The summed E-state index contributed by atoms with van der Waals surface area (Å²) < 4.78 is 5.30. The average Bonchev–Trinajstić information content (AvgIpc) is 2.33. The highest BCUT2D eigenvalue weighted by atomic mass is 16.5. The number of carbonyl (C=O) groups is 1. The quantitative estimate of drug-likeness (QED) is 0.653. The molecule has 1 amide bonds. The number of nitrogen functional groups attached to an aromatic ring is 1. The van der Waals surface area contributed by atoms with Gasteiger partial charge in [-0.3, -0.25) is 4.79 Å². The van der Waals surface area contributed by atoms with Crippen LogP contribution in [0.25, 0.3) is 0 Å². The van der Waals surface area contributed by atoms with E-state index in [1.54, 1.807) is 24.3 Å². The molecule has 0 saturated heterocycles. The summed E-state index contributed by atoms with van der Waals surface area (Å²) in [4.78, 5) is 11.6. The molecule has 18 heavy (non-hydrogen) atoms. The number of aliphatic hydroxyl groups is 1. The largest absolute Gasteiger partial charge is 0.484 e. The fraction of sp³-hybridized carbons (Fsp3) is 0.462. The molecule has 0 saturated carbocycles. The van der Waals surface area contributed by atoms with Crippen LogP contribution in [0.3, 0.4) is 0 Å². The first-order valence-corrected chi connectivity index (χ1v) is 5.91. The third-order valence-electron chi connectivity index (χ3n) is 2.58. The van der Waals surface area contributed by atoms with Crippen molar-refractivity contribution in [2.75, 3.05) is 18.9 Å².